The Morgan fingerprint density at radius 1 is 0.146 bits per heavy atom. The molecule has 0 aliphatic carbocycles. The predicted octanol–water partition coefficient (Wildman–Crippen LogP) is 35.1. The zero-order valence-corrected chi connectivity index (χ0v) is 71.0. The molecule has 0 saturated heterocycles. The SMILES string of the molecule is c1ccc(-n2c3ccccc3c3sc4ccc(-c5ccc(-c6cccc7sc8ccccc8c67)cc5)cc4c32)cc1.c1ccc(-n2c3ccccc3c3sc4cccc(-c5ccc(-c6ccc7c(c6)sc6ccccc67)cc5)c4c32)cc1.c1ccc(-n2c3ccccc3c3sc4cccc(-c5ccc(-c6cccc7c6sc6ccccc67)cc5)c4c32)cc1. The van der Waals surface area contributed by atoms with Crippen molar-refractivity contribution in [2.45, 2.75) is 0 Å². The fraction of sp³-hybridized carbons (Fsp3) is 0. The number of para-hydroxylation sites is 6. The Morgan fingerprint density at radius 2 is 0.447 bits per heavy atom. The summed E-state index contributed by atoms with van der Waals surface area (Å²) in [6.07, 6.45) is 0. The highest BCUT2D eigenvalue weighted by molar-refractivity contribution is 7.28. The van der Waals surface area contributed by atoms with Crippen molar-refractivity contribution < 1.29 is 0 Å². The van der Waals surface area contributed by atoms with Gasteiger partial charge in [0.15, 0.2) is 0 Å². The summed E-state index contributed by atoms with van der Waals surface area (Å²) in [6, 6.07) is 153. The molecular weight excluding hydrogens is 1600 g/mol. The molecule has 9 heteroatoms. The minimum absolute atomic E-state index is 1.19. The second-order valence-corrected chi connectivity index (χ2v) is 37.9. The van der Waals surface area contributed by atoms with Crippen LogP contribution in [-0.2, 0) is 0 Å². The number of nitrogens with zero attached hydrogens (tertiary/aromatic N) is 3. The summed E-state index contributed by atoms with van der Waals surface area (Å²) in [4.78, 5) is 0. The maximum absolute atomic E-state index is 2.45. The number of hydrogen-bond donors (Lipinski definition) is 0. The number of hydrogen-bond acceptors (Lipinski definition) is 6. The van der Waals surface area contributed by atoms with Crippen LogP contribution in [0.1, 0.15) is 0 Å². The van der Waals surface area contributed by atoms with E-state index < -0.39 is 0 Å². The average molecular weight is 1670 g/mol. The van der Waals surface area contributed by atoms with E-state index in [-0.39, 0.29) is 0 Å². The second-order valence-electron chi connectivity index (χ2n) is 31.6. The van der Waals surface area contributed by atoms with Gasteiger partial charge in [-0.3, -0.25) is 0 Å². The summed E-state index contributed by atoms with van der Waals surface area (Å²) in [5, 5.41) is 16.0. The van der Waals surface area contributed by atoms with E-state index in [4.69, 9.17) is 0 Å². The van der Waals surface area contributed by atoms with E-state index >= 15 is 0 Å². The molecule has 0 aliphatic heterocycles. The lowest BCUT2D eigenvalue weighted by Gasteiger charge is -2.11. The number of benzene rings is 18. The Morgan fingerprint density at radius 3 is 0.959 bits per heavy atom. The van der Waals surface area contributed by atoms with Crippen LogP contribution in [0.2, 0.25) is 0 Å². The van der Waals surface area contributed by atoms with E-state index in [0.717, 1.165) is 0 Å². The van der Waals surface area contributed by atoms with Gasteiger partial charge in [0.25, 0.3) is 0 Å². The Bertz CT molecular complexity index is 8850. The van der Waals surface area contributed by atoms with Gasteiger partial charge in [-0.15, -0.1) is 68.0 Å². The van der Waals surface area contributed by atoms with Crippen molar-refractivity contribution in [2.75, 3.05) is 0 Å². The van der Waals surface area contributed by atoms with Crippen LogP contribution >= 0.6 is 68.0 Å². The lowest BCUT2D eigenvalue weighted by Crippen LogP contribution is -1.93. The van der Waals surface area contributed by atoms with E-state index in [9.17, 15) is 0 Å². The zero-order chi connectivity index (χ0) is 80.7. The smallest absolute Gasteiger partial charge is 0.0734 e. The molecule has 0 unspecified atom stereocenters. The summed E-state index contributed by atoms with van der Waals surface area (Å²) in [6.45, 7) is 0. The quantitative estimate of drug-likeness (QED) is 0.137. The second kappa shape index (κ2) is 29.4. The average Bonchev–Trinajstić information content (AvgIpc) is 1.56. The summed E-state index contributed by atoms with van der Waals surface area (Å²) in [5.74, 6) is 0. The molecule has 3 nitrogen and oxygen atoms in total. The van der Waals surface area contributed by atoms with Gasteiger partial charge in [0.1, 0.15) is 0 Å². The minimum Gasteiger partial charge on any atom is -0.308 e. The Balaban J connectivity index is 0.000000101. The van der Waals surface area contributed by atoms with Crippen LogP contribution in [0.25, 0.3) is 238 Å². The summed E-state index contributed by atoms with van der Waals surface area (Å²) in [7, 11) is 0. The van der Waals surface area contributed by atoms with Crippen molar-refractivity contribution in [1.82, 2.24) is 13.7 Å². The van der Waals surface area contributed by atoms with Gasteiger partial charge >= 0.3 is 0 Å². The van der Waals surface area contributed by atoms with Crippen molar-refractivity contribution in [1.29, 1.82) is 0 Å². The molecule has 27 rings (SSSR count). The molecule has 0 spiro atoms. The van der Waals surface area contributed by atoms with Gasteiger partial charge in [-0.1, -0.05) is 309 Å². The van der Waals surface area contributed by atoms with Gasteiger partial charge in [0.05, 0.1) is 47.2 Å². The first-order chi connectivity index (χ1) is 61.0. The molecule has 0 aliphatic rings. The van der Waals surface area contributed by atoms with E-state index in [1.807, 2.05) is 68.0 Å². The van der Waals surface area contributed by atoms with Gasteiger partial charge < -0.3 is 13.7 Å². The molecule has 0 fully saturated rings. The van der Waals surface area contributed by atoms with Crippen LogP contribution in [-0.4, -0.2) is 13.7 Å². The monoisotopic (exact) mass is 1670 g/mol. The number of aromatic nitrogens is 3. The fourth-order valence-corrected chi connectivity index (χ4v) is 26.3. The molecule has 27 aromatic rings. The van der Waals surface area contributed by atoms with Gasteiger partial charge in [-0.25, -0.2) is 0 Å². The maximum Gasteiger partial charge on any atom is 0.0734 e. The molecule has 0 radical (unpaired) electrons. The lowest BCUT2D eigenvalue weighted by atomic mass is 9.96. The van der Waals surface area contributed by atoms with Crippen LogP contribution in [0, 0.1) is 0 Å². The molecule has 18 aromatic carbocycles. The molecule has 0 atom stereocenters. The zero-order valence-electron chi connectivity index (χ0n) is 66.1. The standard InChI is InChI=1S/3C38H23NS2/c1-2-10-26(11-3-1)39-32-17-6-4-13-31(32)38-36(39)35-27(14-9-19-34(35)41-38)24-20-22-25(23-21-24)28-15-8-16-30-29-12-5-7-18-33(29)40-37(28)30;1-2-9-27(10-3-1)39-32-14-6-4-12-31(32)38-37(39)36-28(13-8-16-34(36)41-38)25-19-17-24(18-20-25)26-21-22-30-29-11-5-7-15-33(29)40-35(30)23-26;1-2-9-27(10-3-1)39-32-14-6-4-11-29(32)38-37(39)31-23-26(21-22-34(31)41-38)24-17-19-25(20-18-24)28-13-8-16-35-36(28)30-12-5-7-15-33(30)40-35/h3*1-23H. The topological polar surface area (TPSA) is 14.8 Å². The molecule has 123 heavy (non-hydrogen) atoms. The first-order valence-electron chi connectivity index (χ1n) is 41.6. The van der Waals surface area contributed by atoms with Gasteiger partial charge in [0.2, 0.25) is 0 Å². The predicted molar refractivity (Wildman–Crippen MR) is 540 cm³/mol. The Hall–Kier alpha value is -14.1. The highest BCUT2D eigenvalue weighted by Crippen LogP contribution is 2.51. The molecular formula is C114H69N3S6. The largest absolute Gasteiger partial charge is 0.308 e. The fourth-order valence-electron chi connectivity index (χ4n) is 19.1. The minimum atomic E-state index is 1.19. The highest BCUT2D eigenvalue weighted by Gasteiger charge is 2.25. The highest BCUT2D eigenvalue weighted by atomic mass is 32.1. The molecule has 576 valence electrons. The third kappa shape index (κ3) is 11.8. The van der Waals surface area contributed by atoms with Gasteiger partial charge in [0, 0.05) is 124 Å². The van der Waals surface area contributed by atoms with E-state index in [2.05, 4.69) is 432 Å². The molecule has 0 saturated carbocycles. The van der Waals surface area contributed by atoms with E-state index in [0.29, 0.717) is 0 Å². The number of thiophene rings is 6. The molecule has 0 N–H and O–H groups in total. The molecule has 0 amide bonds. The molecule has 9 aromatic heterocycles. The van der Waals surface area contributed by atoms with Crippen LogP contribution in [0.4, 0.5) is 0 Å². The van der Waals surface area contributed by atoms with Crippen molar-refractivity contribution in [3.8, 4) is 83.8 Å². The lowest BCUT2D eigenvalue weighted by molar-refractivity contribution is 1.19. The summed E-state index contributed by atoms with van der Waals surface area (Å²) in [5.41, 5.74) is 26.4. The number of fused-ring (bicyclic) bond motifs is 24. The van der Waals surface area contributed by atoms with Crippen LogP contribution in [0.5, 0.6) is 0 Å². The number of rotatable bonds is 9. The Kier molecular flexibility index (Phi) is 17.1. The third-order valence-electron chi connectivity index (χ3n) is 24.7. The molecule has 0 bridgehead atoms. The maximum atomic E-state index is 2.45. The first kappa shape index (κ1) is 71.8. The van der Waals surface area contributed by atoms with Crippen molar-refractivity contribution in [3.05, 3.63) is 419 Å². The van der Waals surface area contributed by atoms with Crippen molar-refractivity contribution in [3.63, 3.8) is 0 Å². The van der Waals surface area contributed by atoms with Crippen LogP contribution in [0.3, 0.4) is 0 Å². The van der Waals surface area contributed by atoms with Gasteiger partial charge in [-0.05, 0) is 176 Å². The van der Waals surface area contributed by atoms with Crippen molar-refractivity contribution >= 4 is 222 Å². The third-order valence-corrected chi connectivity index (χ3v) is 31.7. The van der Waals surface area contributed by atoms with Crippen LogP contribution < -0.4 is 0 Å². The normalized spacial score (nSPS) is 11.9. The Labute approximate surface area is 731 Å². The summed E-state index contributed by atoms with van der Waals surface area (Å²) < 4.78 is 23.4. The molecule has 9 heterocycles. The van der Waals surface area contributed by atoms with Crippen LogP contribution in [0.15, 0.2) is 419 Å². The van der Waals surface area contributed by atoms with Crippen molar-refractivity contribution in [2.24, 2.45) is 0 Å². The first-order valence-corrected chi connectivity index (χ1v) is 46.5. The van der Waals surface area contributed by atoms with E-state index in [1.165, 1.54) is 238 Å². The van der Waals surface area contributed by atoms with Gasteiger partial charge in [-0.2, -0.15) is 0 Å². The summed E-state index contributed by atoms with van der Waals surface area (Å²) >= 11 is 11.3. The van der Waals surface area contributed by atoms with E-state index in [1.54, 1.807) is 0 Å².